The fourth-order valence-electron chi connectivity index (χ4n) is 2.36. The summed E-state index contributed by atoms with van der Waals surface area (Å²) < 4.78 is 26.0. The van der Waals surface area contributed by atoms with Crippen molar-refractivity contribution in [1.29, 1.82) is 0 Å². The van der Waals surface area contributed by atoms with Crippen LogP contribution in [-0.4, -0.2) is 35.3 Å². The van der Waals surface area contributed by atoms with Crippen LogP contribution in [0.2, 0.25) is 0 Å². The Hall–Kier alpha value is -2.74. The first-order valence-corrected chi connectivity index (χ1v) is 9.08. The standard InChI is InChI=1S/C16H16N4O3S/c1-10-4-6-13(7-5-10)20-15-14(11(2)18-20)8-12(9-17-15)16(21)19-24(3,22)23/h4-9H,1-3H3,(H,19,21). The minimum Gasteiger partial charge on any atom is -0.268 e. The number of amides is 1. The highest BCUT2D eigenvalue weighted by Crippen LogP contribution is 2.21. The number of aryl methyl sites for hydroxylation is 2. The van der Waals surface area contributed by atoms with Crippen LogP contribution in [0.25, 0.3) is 16.7 Å². The van der Waals surface area contributed by atoms with Crippen LogP contribution in [0, 0.1) is 13.8 Å². The summed E-state index contributed by atoms with van der Waals surface area (Å²) in [6.45, 7) is 3.81. The zero-order valence-corrected chi connectivity index (χ0v) is 14.3. The average Bonchev–Trinajstić information content (AvgIpc) is 2.83. The summed E-state index contributed by atoms with van der Waals surface area (Å²) in [5, 5.41) is 5.16. The van der Waals surface area contributed by atoms with Gasteiger partial charge in [-0.1, -0.05) is 17.7 Å². The van der Waals surface area contributed by atoms with Crippen molar-refractivity contribution in [1.82, 2.24) is 19.5 Å². The molecule has 0 saturated heterocycles. The number of aromatic nitrogens is 3. The first kappa shape index (κ1) is 16.1. The van der Waals surface area contributed by atoms with Crippen LogP contribution in [0.5, 0.6) is 0 Å². The van der Waals surface area contributed by atoms with Crippen molar-refractivity contribution in [3.8, 4) is 5.69 Å². The quantitative estimate of drug-likeness (QED) is 0.781. The molecule has 24 heavy (non-hydrogen) atoms. The van der Waals surface area contributed by atoms with E-state index in [9.17, 15) is 13.2 Å². The molecule has 0 bridgehead atoms. The van der Waals surface area contributed by atoms with E-state index in [2.05, 4.69) is 10.1 Å². The maximum atomic E-state index is 12.0. The Labute approximate surface area is 139 Å². The van der Waals surface area contributed by atoms with Crippen molar-refractivity contribution in [3.05, 3.63) is 53.3 Å². The Bertz CT molecular complexity index is 1040. The fourth-order valence-corrected chi connectivity index (χ4v) is 2.82. The number of fused-ring (bicyclic) bond motifs is 1. The molecular formula is C16H16N4O3S. The molecule has 2 aromatic heterocycles. The van der Waals surface area contributed by atoms with Crippen LogP contribution in [0.3, 0.4) is 0 Å². The average molecular weight is 344 g/mol. The number of rotatable bonds is 3. The molecule has 2 heterocycles. The Kier molecular flexibility index (Phi) is 3.84. The minimum atomic E-state index is -3.62. The van der Waals surface area contributed by atoms with Crippen LogP contribution >= 0.6 is 0 Å². The molecule has 1 N–H and O–H groups in total. The third-order valence-electron chi connectivity index (χ3n) is 3.53. The number of sulfonamides is 1. The van der Waals surface area contributed by atoms with Crippen LogP contribution in [0.15, 0.2) is 36.5 Å². The second-order valence-electron chi connectivity index (χ2n) is 5.63. The van der Waals surface area contributed by atoms with Gasteiger partial charge in [-0.25, -0.2) is 22.8 Å². The van der Waals surface area contributed by atoms with Gasteiger partial charge in [-0.3, -0.25) is 4.79 Å². The Morgan fingerprint density at radius 3 is 2.46 bits per heavy atom. The van der Waals surface area contributed by atoms with E-state index in [1.165, 1.54) is 6.20 Å². The smallest absolute Gasteiger partial charge is 0.266 e. The van der Waals surface area contributed by atoms with Crippen molar-refractivity contribution in [2.45, 2.75) is 13.8 Å². The molecule has 0 aliphatic rings. The summed E-state index contributed by atoms with van der Waals surface area (Å²) in [6.07, 6.45) is 2.27. The third-order valence-corrected chi connectivity index (χ3v) is 4.08. The van der Waals surface area contributed by atoms with Crippen LogP contribution < -0.4 is 4.72 Å². The molecule has 1 aromatic carbocycles. The van der Waals surface area contributed by atoms with E-state index < -0.39 is 15.9 Å². The molecule has 0 aliphatic carbocycles. The third kappa shape index (κ3) is 3.13. The molecule has 0 fully saturated rings. The SMILES string of the molecule is Cc1ccc(-n2nc(C)c3cc(C(=O)NS(C)(=O)=O)cnc32)cc1. The largest absolute Gasteiger partial charge is 0.268 e. The molecule has 0 unspecified atom stereocenters. The van der Waals surface area contributed by atoms with Gasteiger partial charge in [0.05, 0.1) is 23.2 Å². The maximum absolute atomic E-state index is 12.0. The van der Waals surface area contributed by atoms with Crippen molar-refractivity contribution < 1.29 is 13.2 Å². The number of nitrogens with zero attached hydrogens (tertiary/aromatic N) is 3. The molecule has 8 heteroatoms. The number of pyridine rings is 1. The van der Waals surface area contributed by atoms with Crippen molar-refractivity contribution in [3.63, 3.8) is 0 Å². The van der Waals surface area contributed by atoms with Gasteiger partial charge >= 0.3 is 0 Å². The van der Waals surface area contributed by atoms with E-state index in [4.69, 9.17) is 0 Å². The van der Waals surface area contributed by atoms with Gasteiger partial charge in [0.25, 0.3) is 5.91 Å². The second-order valence-corrected chi connectivity index (χ2v) is 7.38. The number of carbonyl (C=O) groups is 1. The van der Waals surface area contributed by atoms with Crippen LogP contribution in [-0.2, 0) is 10.0 Å². The van der Waals surface area contributed by atoms with Gasteiger partial charge in [-0.15, -0.1) is 0 Å². The maximum Gasteiger partial charge on any atom is 0.266 e. The first-order chi connectivity index (χ1) is 11.2. The zero-order valence-electron chi connectivity index (χ0n) is 13.4. The predicted octanol–water partition coefficient (Wildman–Crippen LogP) is 1.73. The highest BCUT2D eigenvalue weighted by Gasteiger charge is 2.16. The molecule has 0 saturated carbocycles. The lowest BCUT2D eigenvalue weighted by atomic mass is 10.2. The molecular weight excluding hydrogens is 328 g/mol. The van der Waals surface area contributed by atoms with Crippen molar-refractivity contribution in [2.75, 3.05) is 6.26 Å². The van der Waals surface area contributed by atoms with Gasteiger partial charge in [0, 0.05) is 11.6 Å². The Morgan fingerprint density at radius 1 is 1.17 bits per heavy atom. The number of hydrogen-bond acceptors (Lipinski definition) is 5. The lowest BCUT2D eigenvalue weighted by molar-refractivity contribution is 0.0981. The number of benzene rings is 1. The molecule has 3 rings (SSSR count). The highest BCUT2D eigenvalue weighted by atomic mass is 32.2. The van der Waals surface area contributed by atoms with Gasteiger partial charge in [-0.05, 0) is 32.0 Å². The van der Waals surface area contributed by atoms with E-state index in [1.807, 2.05) is 42.8 Å². The molecule has 124 valence electrons. The minimum absolute atomic E-state index is 0.166. The Morgan fingerprint density at radius 2 is 1.83 bits per heavy atom. The summed E-state index contributed by atoms with van der Waals surface area (Å²) in [5.41, 5.74) is 3.47. The van der Waals surface area contributed by atoms with Gasteiger partial charge in [0.1, 0.15) is 0 Å². The van der Waals surface area contributed by atoms with E-state index in [0.717, 1.165) is 17.5 Å². The fraction of sp³-hybridized carbons (Fsp3) is 0.188. The van der Waals surface area contributed by atoms with Gasteiger partial charge in [0.2, 0.25) is 10.0 Å². The molecule has 3 aromatic rings. The summed E-state index contributed by atoms with van der Waals surface area (Å²) in [6, 6.07) is 9.43. The van der Waals surface area contributed by atoms with E-state index in [1.54, 1.807) is 10.7 Å². The van der Waals surface area contributed by atoms with Crippen LogP contribution in [0.1, 0.15) is 21.6 Å². The molecule has 0 atom stereocenters. The number of nitrogens with one attached hydrogen (secondary N) is 1. The Balaban J connectivity index is 2.08. The first-order valence-electron chi connectivity index (χ1n) is 7.19. The monoisotopic (exact) mass is 344 g/mol. The van der Waals surface area contributed by atoms with E-state index in [-0.39, 0.29) is 5.56 Å². The van der Waals surface area contributed by atoms with Gasteiger partial charge in [-0.2, -0.15) is 5.10 Å². The summed E-state index contributed by atoms with van der Waals surface area (Å²) in [5.74, 6) is -0.714. The topological polar surface area (TPSA) is 94.0 Å². The van der Waals surface area contributed by atoms with E-state index in [0.29, 0.717) is 16.7 Å². The van der Waals surface area contributed by atoms with Crippen molar-refractivity contribution in [2.24, 2.45) is 0 Å². The molecule has 0 radical (unpaired) electrons. The lowest BCUT2D eigenvalue weighted by Gasteiger charge is -2.05. The lowest BCUT2D eigenvalue weighted by Crippen LogP contribution is -2.29. The zero-order chi connectivity index (χ0) is 17.5. The van der Waals surface area contributed by atoms with Gasteiger partial charge in [0.15, 0.2) is 5.65 Å². The summed E-state index contributed by atoms with van der Waals surface area (Å²) in [7, 11) is -3.62. The van der Waals surface area contributed by atoms with E-state index >= 15 is 0 Å². The molecule has 1 amide bonds. The normalized spacial score (nSPS) is 11.6. The van der Waals surface area contributed by atoms with Gasteiger partial charge < -0.3 is 0 Å². The number of hydrogen-bond donors (Lipinski definition) is 1. The van der Waals surface area contributed by atoms with Crippen molar-refractivity contribution >= 4 is 27.0 Å². The molecule has 7 nitrogen and oxygen atoms in total. The predicted molar refractivity (Wildman–Crippen MR) is 90.6 cm³/mol. The molecule has 0 spiro atoms. The summed E-state index contributed by atoms with van der Waals surface area (Å²) >= 11 is 0. The highest BCUT2D eigenvalue weighted by molar-refractivity contribution is 7.89. The summed E-state index contributed by atoms with van der Waals surface area (Å²) in [4.78, 5) is 16.3. The number of carbonyl (C=O) groups excluding carboxylic acids is 1. The molecule has 0 aliphatic heterocycles. The van der Waals surface area contributed by atoms with Crippen LogP contribution in [0.4, 0.5) is 0 Å². The second kappa shape index (κ2) is 5.72.